The third-order valence-corrected chi connectivity index (χ3v) is 6.56. The molecule has 1 aliphatic heterocycles. The van der Waals surface area contributed by atoms with Crippen LogP contribution in [0.5, 0.6) is 0 Å². The van der Waals surface area contributed by atoms with Gasteiger partial charge in [0.1, 0.15) is 4.83 Å². The molecule has 0 radical (unpaired) electrons. The summed E-state index contributed by atoms with van der Waals surface area (Å²) in [6.45, 7) is 2.26. The minimum atomic E-state index is 0. The quantitative estimate of drug-likeness (QED) is 0.668. The van der Waals surface area contributed by atoms with E-state index in [9.17, 15) is 4.79 Å². The van der Waals surface area contributed by atoms with Crippen molar-refractivity contribution in [2.45, 2.75) is 6.04 Å². The van der Waals surface area contributed by atoms with Crippen molar-refractivity contribution in [2.75, 3.05) is 38.6 Å². The minimum absolute atomic E-state index is 0. The molecule has 3 aromatic heterocycles. The average Bonchev–Trinajstić information content (AvgIpc) is 3.21. The SMILES string of the molecule is CN(C)c1nc2sc(C(=O)N3CCNCC3c3cccnc3)cc2s1.Cl.Cl. The summed E-state index contributed by atoms with van der Waals surface area (Å²) < 4.78 is 1.07. The van der Waals surface area contributed by atoms with Crippen molar-refractivity contribution in [1.82, 2.24) is 20.2 Å². The van der Waals surface area contributed by atoms with Crippen LogP contribution in [0.3, 0.4) is 0 Å². The van der Waals surface area contributed by atoms with Gasteiger partial charge in [-0.05, 0) is 17.7 Å². The number of hydrogen-bond acceptors (Lipinski definition) is 7. The number of hydrogen-bond donors (Lipinski definition) is 1. The molecule has 146 valence electrons. The number of carbonyl (C=O) groups is 1. The molecule has 1 saturated heterocycles. The standard InChI is InChI=1S/C17H19N5OS2.2ClH/c1-21(2)17-20-15-13(25-17)8-14(24-15)16(23)22-7-6-19-10-12(22)11-4-3-5-18-9-11;;/h3-5,8-9,12,19H,6-7,10H2,1-2H3;2*1H. The number of nitrogens with zero attached hydrogens (tertiary/aromatic N) is 4. The molecule has 3 aromatic rings. The molecular formula is C17H21Cl2N5OS2. The zero-order valence-corrected chi connectivity index (χ0v) is 18.2. The third kappa shape index (κ3) is 4.35. The highest BCUT2D eigenvalue weighted by molar-refractivity contribution is 7.29. The first-order chi connectivity index (χ1) is 12.1. The highest BCUT2D eigenvalue weighted by atomic mass is 35.5. The zero-order chi connectivity index (χ0) is 17.4. The van der Waals surface area contributed by atoms with E-state index in [1.807, 2.05) is 48.3 Å². The first kappa shape index (κ1) is 21.8. The van der Waals surface area contributed by atoms with Gasteiger partial charge in [-0.2, -0.15) is 0 Å². The van der Waals surface area contributed by atoms with E-state index in [4.69, 9.17) is 0 Å². The van der Waals surface area contributed by atoms with Gasteiger partial charge in [0, 0.05) is 46.1 Å². The van der Waals surface area contributed by atoms with Crippen LogP contribution in [-0.4, -0.2) is 54.5 Å². The number of carbonyl (C=O) groups excluding carboxylic acids is 1. The van der Waals surface area contributed by atoms with Gasteiger partial charge < -0.3 is 15.1 Å². The molecule has 27 heavy (non-hydrogen) atoms. The Bertz CT molecular complexity index is 868. The van der Waals surface area contributed by atoms with Crippen LogP contribution < -0.4 is 10.2 Å². The average molecular weight is 446 g/mol. The van der Waals surface area contributed by atoms with E-state index < -0.39 is 0 Å². The van der Waals surface area contributed by atoms with Gasteiger partial charge in [-0.25, -0.2) is 4.98 Å². The van der Waals surface area contributed by atoms with Gasteiger partial charge in [-0.15, -0.1) is 36.2 Å². The summed E-state index contributed by atoms with van der Waals surface area (Å²) in [5.74, 6) is 0.0805. The Labute approximate surface area is 178 Å². The van der Waals surface area contributed by atoms with Gasteiger partial charge >= 0.3 is 0 Å². The zero-order valence-electron chi connectivity index (χ0n) is 14.9. The summed E-state index contributed by atoms with van der Waals surface area (Å²) in [5, 5.41) is 4.35. The van der Waals surface area contributed by atoms with Gasteiger partial charge in [0.25, 0.3) is 5.91 Å². The Morgan fingerprint density at radius 1 is 1.33 bits per heavy atom. The topological polar surface area (TPSA) is 61.4 Å². The number of thiophene rings is 1. The lowest BCUT2D eigenvalue weighted by Crippen LogP contribution is -2.48. The molecule has 1 fully saturated rings. The predicted octanol–water partition coefficient (Wildman–Crippen LogP) is 3.45. The van der Waals surface area contributed by atoms with Crippen molar-refractivity contribution in [3.8, 4) is 0 Å². The van der Waals surface area contributed by atoms with Gasteiger partial charge in [-0.3, -0.25) is 9.78 Å². The molecule has 0 spiro atoms. The first-order valence-corrected chi connectivity index (χ1v) is 9.76. The number of pyridine rings is 1. The summed E-state index contributed by atoms with van der Waals surface area (Å²) in [7, 11) is 3.96. The van der Waals surface area contributed by atoms with Crippen LogP contribution in [-0.2, 0) is 0 Å². The Morgan fingerprint density at radius 2 is 2.15 bits per heavy atom. The van der Waals surface area contributed by atoms with Crippen molar-refractivity contribution in [1.29, 1.82) is 0 Å². The van der Waals surface area contributed by atoms with Crippen LogP contribution in [0.4, 0.5) is 5.13 Å². The number of anilines is 1. The maximum atomic E-state index is 13.1. The number of amides is 1. The predicted molar refractivity (Wildman–Crippen MR) is 117 cm³/mol. The van der Waals surface area contributed by atoms with Crippen molar-refractivity contribution in [3.05, 3.63) is 41.0 Å². The third-order valence-electron chi connectivity index (χ3n) is 4.24. The lowest BCUT2D eigenvalue weighted by atomic mass is 10.1. The fraction of sp³-hybridized carbons (Fsp3) is 0.353. The minimum Gasteiger partial charge on any atom is -0.354 e. The van der Waals surface area contributed by atoms with Crippen LogP contribution >= 0.6 is 47.5 Å². The summed E-state index contributed by atoms with van der Waals surface area (Å²) in [4.78, 5) is 27.6. The molecule has 4 rings (SSSR count). The molecule has 0 saturated carbocycles. The van der Waals surface area contributed by atoms with Crippen LogP contribution in [0.15, 0.2) is 30.6 Å². The molecule has 1 atom stereocenters. The van der Waals surface area contributed by atoms with Gasteiger partial charge in [-0.1, -0.05) is 17.4 Å². The monoisotopic (exact) mass is 445 g/mol. The van der Waals surface area contributed by atoms with Crippen LogP contribution in [0.1, 0.15) is 21.3 Å². The van der Waals surface area contributed by atoms with Gasteiger partial charge in [0.2, 0.25) is 0 Å². The smallest absolute Gasteiger partial charge is 0.264 e. The number of fused-ring (bicyclic) bond motifs is 1. The fourth-order valence-electron chi connectivity index (χ4n) is 2.98. The maximum Gasteiger partial charge on any atom is 0.264 e. The van der Waals surface area contributed by atoms with Crippen molar-refractivity contribution < 1.29 is 4.79 Å². The Balaban J connectivity index is 0.00000131. The number of piperazine rings is 1. The van der Waals surface area contributed by atoms with E-state index >= 15 is 0 Å². The van der Waals surface area contributed by atoms with E-state index in [1.165, 1.54) is 11.3 Å². The van der Waals surface area contributed by atoms with E-state index in [1.54, 1.807) is 17.5 Å². The molecule has 10 heteroatoms. The summed E-state index contributed by atoms with van der Waals surface area (Å²) >= 11 is 3.10. The van der Waals surface area contributed by atoms with Crippen molar-refractivity contribution >= 4 is 68.1 Å². The largest absolute Gasteiger partial charge is 0.354 e. The summed E-state index contributed by atoms with van der Waals surface area (Å²) in [6.07, 6.45) is 3.60. The summed E-state index contributed by atoms with van der Waals surface area (Å²) in [6, 6.07) is 5.94. The highest BCUT2D eigenvalue weighted by Crippen LogP contribution is 2.35. The number of thiazole rings is 1. The number of aromatic nitrogens is 2. The molecule has 1 unspecified atom stereocenters. The number of halogens is 2. The molecule has 1 N–H and O–H groups in total. The summed E-state index contributed by atoms with van der Waals surface area (Å²) in [5.41, 5.74) is 1.06. The van der Waals surface area contributed by atoms with Crippen molar-refractivity contribution in [3.63, 3.8) is 0 Å². The van der Waals surface area contributed by atoms with Crippen molar-refractivity contribution in [2.24, 2.45) is 0 Å². The second-order valence-electron chi connectivity index (χ2n) is 6.18. The van der Waals surface area contributed by atoms with E-state index in [2.05, 4.69) is 15.3 Å². The molecule has 4 heterocycles. The molecule has 1 amide bonds. The Morgan fingerprint density at radius 3 is 2.81 bits per heavy atom. The molecule has 0 bridgehead atoms. The molecule has 1 aliphatic rings. The number of nitrogens with one attached hydrogen (secondary N) is 1. The van der Waals surface area contributed by atoms with E-state index in [0.29, 0.717) is 6.54 Å². The number of rotatable bonds is 3. The Kier molecular flexibility index (Phi) is 7.41. The van der Waals surface area contributed by atoms with Gasteiger partial charge in [0.05, 0.1) is 15.6 Å². The second-order valence-corrected chi connectivity index (χ2v) is 8.22. The van der Waals surface area contributed by atoms with Crippen LogP contribution in [0.2, 0.25) is 0 Å². The molecule has 0 aliphatic carbocycles. The lowest BCUT2D eigenvalue weighted by Gasteiger charge is -2.36. The fourth-order valence-corrected chi connectivity index (χ4v) is 5.07. The lowest BCUT2D eigenvalue weighted by molar-refractivity contribution is 0.0639. The van der Waals surface area contributed by atoms with Gasteiger partial charge in [0.15, 0.2) is 5.13 Å². The highest BCUT2D eigenvalue weighted by Gasteiger charge is 2.30. The molecular weight excluding hydrogens is 425 g/mol. The Hall–Kier alpha value is -1.45. The maximum absolute atomic E-state index is 13.1. The second kappa shape index (κ2) is 9.16. The molecule has 6 nitrogen and oxygen atoms in total. The van der Waals surface area contributed by atoms with Crippen LogP contribution in [0.25, 0.3) is 9.53 Å². The first-order valence-electron chi connectivity index (χ1n) is 8.13. The normalized spacial score (nSPS) is 16.5. The molecule has 0 aromatic carbocycles. The van der Waals surface area contributed by atoms with E-state index in [-0.39, 0.29) is 36.8 Å². The van der Waals surface area contributed by atoms with E-state index in [0.717, 1.165) is 38.2 Å². The van der Waals surface area contributed by atoms with Crippen LogP contribution in [0, 0.1) is 0 Å².